The second kappa shape index (κ2) is 8.38. The molecule has 0 fully saturated rings. The van der Waals surface area contributed by atoms with Crippen LogP contribution in [0.25, 0.3) is 11.3 Å². The van der Waals surface area contributed by atoms with Crippen molar-refractivity contribution in [1.82, 2.24) is 4.68 Å². The van der Waals surface area contributed by atoms with Crippen molar-refractivity contribution in [2.45, 2.75) is 20.0 Å². The van der Waals surface area contributed by atoms with Gasteiger partial charge in [0.25, 0.3) is 0 Å². The smallest absolute Gasteiger partial charge is 0.427 e. The fraction of sp³-hybridized carbons (Fsp3) is 0.150. The van der Waals surface area contributed by atoms with Gasteiger partial charge in [0, 0.05) is 20.6 Å². The molecule has 2 aromatic carbocycles. The number of hydrogen-bond donors (Lipinski definition) is 1. The molecule has 1 N–H and O–H groups in total. The van der Waals surface area contributed by atoms with Crippen molar-refractivity contribution in [2.24, 2.45) is 0 Å². The van der Waals surface area contributed by atoms with Gasteiger partial charge in [0.1, 0.15) is 6.10 Å². The zero-order valence-corrected chi connectivity index (χ0v) is 17.8. The third-order valence-corrected chi connectivity index (χ3v) is 5.41. The number of ether oxygens (including phenoxy) is 1. The minimum absolute atomic E-state index is 0.499. The molecule has 7 heteroatoms. The lowest BCUT2D eigenvalue weighted by atomic mass is 10.1. The zero-order chi connectivity index (χ0) is 19.6. The summed E-state index contributed by atoms with van der Waals surface area (Å²) >= 11 is 15.9. The Bertz CT molecular complexity index is 971. The van der Waals surface area contributed by atoms with Crippen LogP contribution in [0.5, 0.6) is 0 Å². The van der Waals surface area contributed by atoms with Gasteiger partial charge in [-0.2, -0.15) is 0 Å². The maximum absolute atomic E-state index is 12.5. The standard InChI is InChI=1S/C20H17BrCl2N2O2/c1-12-18(23)11-19(14-7-9-15(21)10-8-14)25(12)24-20(26)27-13(2)16-5-3-4-6-17(16)22/h3-11,13H,1-2H3,(H,24,26). The van der Waals surface area contributed by atoms with Crippen LogP contribution in [0.3, 0.4) is 0 Å². The van der Waals surface area contributed by atoms with Gasteiger partial charge < -0.3 is 4.74 Å². The number of nitrogens with one attached hydrogen (secondary N) is 1. The molecule has 1 unspecified atom stereocenters. The largest absolute Gasteiger partial charge is 0.440 e. The number of amides is 1. The first kappa shape index (κ1) is 19.8. The molecule has 4 nitrogen and oxygen atoms in total. The first-order valence-electron chi connectivity index (χ1n) is 8.22. The van der Waals surface area contributed by atoms with Crippen LogP contribution in [0.4, 0.5) is 4.79 Å². The Morgan fingerprint density at radius 1 is 1.11 bits per heavy atom. The Labute approximate surface area is 176 Å². The van der Waals surface area contributed by atoms with E-state index in [2.05, 4.69) is 21.4 Å². The fourth-order valence-electron chi connectivity index (χ4n) is 2.70. The van der Waals surface area contributed by atoms with Gasteiger partial charge in [-0.15, -0.1) is 0 Å². The van der Waals surface area contributed by atoms with Crippen LogP contribution in [0.1, 0.15) is 24.3 Å². The summed E-state index contributed by atoms with van der Waals surface area (Å²) in [7, 11) is 0. The Balaban J connectivity index is 1.82. The summed E-state index contributed by atoms with van der Waals surface area (Å²) in [5.74, 6) is 0. The highest BCUT2D eigenvalue weighted by molar-refractivity contribution is 9.10. The minimum atomic E-state index is -0.601. The van der Waals surface area contributed by atoms with E-state index in [1.807, 2.05) is 49.4 Å². The molecular formula is C20H17BrCl2N2O2. The van der Waals surface area contributed by atoms with Gasteiger partial charge in [-0.05, 0) is 38.1 Å². The van der Waals surface area contributed by atoms with E-state index in [0.29, 0.717) is 15.7 Å². The van der Waals surface area contributed by atoms with Crippen molar-refractivity contribution in [3.63, 3.8) is 0 Å². The van der Waals surface area contributed by atoms with Crippen LogP contribution >= 0.6 is 39.1 Å². The molecular weight excluding hydrogens is 451 g/mol. The number of carbonyl (C=O) groups is 1. The van der Waals surface area contributed by atoms with Crippen LogP contribution in [0, 0.1) is 6.92 Å². The molecule has 1 amide bonds. The molecule has 0 radical (unpaired) electrons. The number of hydrogen-bond acceptors (Lipinski definition) is 2. The van der Waals surface area contributed by atoms with Gasteiger partial charge in [0.15, 0.2) is 0 Å². The lowest BCUT2D eigenvalue weighted by molar-refractivity contribution is 0.118. The van der Waals surface area contributed by atoms with Crippen molar-refractivity contribution < 1.29 is 9.53 Å². The molecule has 27 heavy (non-hydrogen) atoms. The van der Waals surface area contributed by atoms with E-state index in [0.717, 1.165) is 21.3 Å². The highest BCUT2D eigenvalue weighted by atomic mass is 79.9. The highest BCUT2D eigenvalue weighted by Gasteiger charge is 2.18. The van der Waals surface area contributed by atoms with Gasteiger partial charge >= 0.3 is 6.09 Å². The second-order valence-electron chi connectivity index (χ2n) is 5.99. The van der Waals surface area contributed by atoms with Crippen LogP contribution < -0.4 is 5.43 Å². The average Bonchev–Trinajstić information content (AvgIpc) is 2.91. The average molecular weight is 468 g/mol. The van der Waals surface area contributed by atoms with E-state index in [-0.39, 0.29) is 0 Å². The summed E-state index contributed by atoms with van der Waals surface area (Å²) in [4.78, 5) is 12.5. The van der Waals surface area contributed by atoms with Crippen molar-refractivity contribution in [3.05, 3.63) is 80.4 Å². The van der Waals surface area contributed by atoms with Gasteiger partial charge in [0.05, 0.1) is 16.4 Å². The van der Waals surface area contributed by atoms with Gasteiger partial charge in [-0.1, -0.05) is 69.5 Å². The zero-order valence-electron chi connectivity index (χ0n) is 14.7. The summed E-state index contributed by atoms with van der Waals surface area (Å²) in [6.07, 6.45) is -1.10. The molecule has 0 spiro atoms. The van der Waals surface area contributed by atoms with Crippen LogP contribution in [-0.4, -0.2) is 10.8 Å². The summed E-state index contributed by atoms with van der Waals surface area (Å²) in [5, 5.41) is 1.10. The molecule has 0 aliphatic heterocycles. The number of carbonyl (C=O) groups excluding carboxylic acids is 1. The minimum Gasteiger partial charge on any atom is -0.440 e. The summed E-state index contributed by atoms with van der Waals surface area (Å²) in [6.45, 7) is 3.59. The summed E-state index contributed by atoms with van der Waals surface area (Å²) in [6, 6.07) is 16.8. The van der Waals surface area contributed by atoms with Crippen molar-refractivity contribution in [2.75, 3.05) is 5.43 Å². The van der Waals surface area contributed by atoms with Crippen molar-refractivity contribution >= 4 is 45.2 Å². The number of halogens is 3. The Morgan fingerprint density at radius 2 is 1.78 bits per heavy atom. The lowest BCUT2D eigenvalue weighted by Gasteiger charge is -2.18. The molecule has 0 saturated carbocycles. The topological polar surface area (TPSA) is 43.3 Å². The highest BCUT2D eigenvalue weighted by Crippen LogP contribution is 2.29. The first-order valence-corrected chi connectivity index (χ1v) is 9.77. The van der Waals surface area contributed by atoms with E-state index in [1.54, 1.807) is 23.7 Å². The maximum atomic E-state index is 12.5. The predicted octanol–water partition coefficient (Wildman–Crippen LogP) is 6.97. The first-order chi connectivity index (χ1) is 12.9. The third-order valence-electron chi connectivity index (χ3n) is 4.16. The third kappa shape index (κ3) is 4.49. The molecule has 0 aliphatic rings. The Morgan fingerprint density at radius 3 is 2.44 bits per heavy atom. The summed E-state index contributed by atoms with van der Waals surface area (Å²) < 4.78 is 8.07. The molecule has 3 aromatic rings. The van der Waals surface area contributed by atoms with E-state index >= 15 is 0 Å². The normalized spacial score (nSPS) is 11.9. The summed E-state index contributed by atoms with van der Waals surface area (Å²) in [5.41, 5.74) is 5.86. The lowest BCUT2D eigenvalue weighted by Crippen LogP contribution is -2.26. The van der Waals surface area contributed by atoms with E-state index in [4.69, 9.17) is 27.9 Å². The van der Waals surface area contributed by atoms with Gasteiger partial charge in [0.2, 0.25) is 0 Å². The molecule has 0 aliphatic carbocycles. The molecule has 3 rings (SSSR count). The Hall–Kier alpha value is -1.95. The molecule has 0 bridgehead atoms. The Kier molecular flexibility index (Phi) is 6.15. The SMILES string of the molecule is Cc1c(Cl)cc(-c2ccc(Br)cc2)n1NC(=O)OC(C)c1ccccc1Cl. The molecule has 0 saturated heterocycles. The second-order valence-corrected chi connectivity index (χ2v) is 7.72. The molecule has 140 valence electrons. The fourth-order valence-corrected chi connectivity index (χ4v) is 3.44. The quantitative estimate of drug-likeness (QED) is 0.449. The number of nitrogens with zero attached hydrogens (tertiary/aromatic N) is 1. The van der Waals surface area contributed by atoms with Gasteiger partial charge in [-0.3, -0.25) is 4.68 Å². The van der Waals surface area contributed by atoms with Crippen molar-refractivity contribution in [1.29, 1.82) is 0 Å². The monoisotopic (exact) mass is 466 g/mol. The van der Waals surface area contributed by atoms with Crippen molar-refractivity contribution in [3.8, 4) is 11.3 Å². The molecule has 1 atom stereocenters. The number of rotatable bonds is 4. The van der Waals surface area contributed by atoms with E-state index in [1.165, 1.54) is 0 Å². The van der Waals surface area contributed by atoms with E-state index < -0.39 is 12.2 Å². The van der Waals surface area contributed by atoms with E-state index in [9.17, 15) is 4.79 Å². The number of benzene rings is 2. The predicted molar refractivity (Wildman–Crippen MR) is 113 cm³/mol. The number of aromatic nitrogens is 1. The van der Waals surface area contributed by atoms with Crippen LogP contribution in [0.15, 0.2) is 59.1 Å². The molecule has 1 aromatic heterocycles. The van der Waals surface area contributed by atoms with Gasteiger partial charge in [-0.25, -0.2) is 10.2 Å². The van der Waals surface area contributed by atoms with Crippen LogP contribution in [0.2, 0.25) is 10.0 Å². The molecule has 1 heterocycles. The van der Waals surface area contributed by atoms with Crippen LogP contribution in [-0.2, 0) is 4.74 Å². The maximum Gasteiger partial charge on any atom is 0.427 e.